The highest BCUT2D eigenvalue weighted by atomic mass is 16.5. The minimum absolute atomic E-state index is 0.178. The monoisotopic (exact) mass is 227 g/mol. The van der Waals surface area contributed by atoms with Crippen molar-refractivity contribution in [3.05, 3.63) is 0 Å². The van der Waals surface area contributed by atoms with Crippen LogP contribution in [-0.4, -0.2) is 35.6 Å². The summed E-state index contributed by atoms with van der Waals surface area (Å²) in [4.78, 5) is 14.4. The second-order valence-corrected chi connectivity index (χ2v) is 4.76. The third kappa shape index (κ3) is 2.97. The molecule has 0 aromatic carbocycles. The lowest BCUT2D eigenvalue weighted by Gasteiger charge is -2.35. The van der Waals surface area contributed by atoms with Crippen LogP contribution in [0.1, 0.15) is 53.4 Å². The van der Waals surface area contributed by atoms with E-state index in [9.17, 15) is 4.79 Å². The molecular formula is C13H25NO2. The third-order valence-electron chi connectivity index (χ3n) is 3.59. The first-order valence-electron chi connectivity index (χ1n) is 6.55. The number of carbonyl (C=O) groups excluding carboxylic acids is 1. The average molecular weight is 227 g/mol. The lowest BCUT2D eigenvalue weighted by atomic mass is 10.1. The Labute approximate surface area is 99.1 Å². The molecule has 1 fully saturated rings. The van der Waals surface area contributed by atoms with E-state index in [-0.39, 0.29) is 12.0 Å². The SMILES string of the molecule is CCC(C)N(C(=O)[C@@H]1CCCO1)C(C)CC. The Hall–Kier alpha value is -0.570. The lowest BCUT2D eigenvalue weighted by molar-refractivity contribution is -0.145. The Bertz CT molecular complexity index is 214. The van der Waals surface area contributed by atoms with Crippen molar-refractivity contribution in [2.75, 3.05) is 6.61 Å². The summed E-state index contributed by atoms with van der Waals surface area (Å²) >= 11 is 0. The molecule has 0 spiro atoms. The molecule has 0 aromatic heterocycles. The van der Waals surface area contributed by atoms with E-state index in [1.807, 2.05) is 4.90 Å². The van der Waals surface area contributed by atoms with Gasteiger partial charge >= 0.3 is 0 Å². The predicted molar refractivity (Wildman–Crippen MR) is 65.3 cm³/mol. The second-order valence-electron chi connectivity index (χ2n) is 4.76. The maximum atomic E-state index is 12.3. The van der Waals surface area contributed by atoms with Gasteiger partial charge in [-0.2, -0.15) is 0 Å². The first-order valence-corrected chi connectivity index (χ1v) is 6.55. The van der Waals surface area contributed by atoms with Gasteiger partial charge < -0.3 is 9.64 Å². The van der Waals surface area contributed by atoms with Crippen molar-refractivity contribution in [2.45, 2.75) is 71.6 Å². The Balaban J connectivity index is 2.70. The van der Waals surface area contributed by atoms with Crippen molar-refractivity contribution in [3.63, 3.8) is 0 Å². The van der Waals surface area contributed by atoms with Gasteiger partial charge in [0.15, 0.2) is 0 Å². The zero-order valence-electron chi connectivity index (χ0n) is 11.0. The van der Waals surface area contributed by atoms with Crippen LogP contribution >= 0.6 is 0 Å². The predicted octanol–water partition coefficient (Wildman–Crippen LogP) is 2.59. The summed E-state index contributed by atoms with van der Waals surface area (Å²) in [7, 11) is 0. The van der Waals surface area contributed by atoms with Gasteiger partial charge in [-0.3, -0.25) is 4.79 Å². The first-order chi connectivity index (χ1) is 7.61. The van der Waals surface area contributed by atoms with Crippen LogP contribution in [0.15, 0.2) is 0 Å². The van der Waals surface area contributed by atoms with Gasteiger partial charge in [0.1, 0.15) is 6.10 Å². The molecule has 3 heteroatoms. The van der Waals surface area contributed by atoms with Gasteiger partial charge in [-0.05, 0) is 39.5 Å². The fourth-order valence-electron chi connectivity index (χ4n) is 2.20. The highest BCUT2D eigenvalue weighted by Crippen LogP contribution is 2.20. The molecular weight excluding hydrogens is 202 g/mol. The molecule has 0 aliphatic carbocycles. The third-order valence-corrected chi connectivity index (χ3v) is 3.59. The van der Waals surface area contributed by atoms with E-state index in [0.717, 1.165) is 32.3 Å². The van der Waals surface area contributed by atoms with Crippen LogP contribution in [0.5, 0.6) is 0 Å². The highest BCUT2D eigenvalue weighted by Gasteiger charge is 2.32. The topological polar surface area (TPSA) is 29.5 Å². The number of carbonyl (C=O) groups is 1. The van der Waals surface area contributed by atoms with Crippen LogP contribution in [0.3, 0.4) is 0 Å². The average Bonchev–Trinajstić information content (AvgIpc) is 2.81. The molecule has 1 aliphatic heterocycles. The van der Waals surface area contributed by atoms with E-state index in [1.54, 1.807) is 0 Å². The molecule has 0 aromatic rings. The molecule has 0 N–H and O–H groups in total. The number of hydrogen-bond donors (Lipinski definition) is 0. The Morgan fingerprint density at radius 3 is 2.25 bits per heavy atom. The lowest BCUT2D eigenvalue weighted by Crippen LogP contribution is -2.48. The Morgan fingerprint density at radius 2 is 1.88 bits per heavy atom. The molecule has 0 bridgehead atoms. The van der Waals surface area contributed by atoms with Crippen LogP contribution in [-0.2, 0) is 9.53 Å². The normalized spacial score (nSPS) is 24.1. The van der Waals surface area contributed by atoms with E-state index in [1.165, 1.54) is 0 Å². The highest BCUT2D eigenvalue weighted by molar-refractivity contribution is 5.81. The summed E-state index contributed by atoms with van der Waals surface area (Å²) in [5, 5.41) is 0. The molecule has 0 radical (unpaired) electrons. The standard InChI is InChI=1S/C13H25NO2/c1-5-10(3)14(11(4)6-2)13(15)12-8-7-9-16-12/h10-12H,5-9H2,1-4H3/t10?,11?,12-/m0/s1. The summed E-state index contributed by atoms with van der Waals surface area (Å²) in [5.41, 5.74) is 0. The second kappa shape index (κ2) is 6.24. The Morgan fingerprint density at radius 1 is 1.31 bits per heavy atom. The van der Waals surface area contributed by atoms with E-state index in [0.29, 0.717) is 12.1 Å². The molecule has 94 valence electrons. The van der Waals surface area contributed by atoms with Crippen molar-refractivity contribution >= 4 is 5.91 Å². The van der Waals surface area contributed by atoms with Gasteiger partial charge in [-0.15, -0.1) is 0 Å². The first kappa shape index (κ1) is 13.5. The number of amides is 1. The van der Waals surface area contributed by atoms with Gasteiger partial charge in [-0.1, -0.05) is 13.8 Å². The fraction of sp³-hybridized carbons (Fsp3) is 0.923. The number of ether oxygens (including phenoxy) is 1. The molecule has 1 aliphatic rings. The zero-order chi connectivity index (χ0) is 12.1. The van der Waals surface area contributed by atoms with Crippen LogP contribution in [0.4, 0.5) is 0 Å². The van der Waals surface area contributed by atoms with Crippen LogP contribution in [0, 0.1) is 0 Å². The smallest absolute Gasteiger partial charge is 0.252 e. The molecule has 3 nitrogen and oxygen atoms in total. The van der Waals surface area contributed by atoms with E-state index < -0.39 is 0 Å². The molecule has 1 rings (SSSR count). The largest absolute Gasteiger partial charge is 0.368 e. The molecule has 3 atom stereocenters. The van der Waals surface area contributed by atoms with Crippen molar-refractivity contribution in [1.29, 1.82) is 0 Å². The molecule has 2 unspecified atom stereocenters. The van der Waals surface area contributed by atoms with Gasteiger partial charge in [0.05, 0.1) is 0 Å². The van der Waals surface area contributed by atoms with E-state index >= 15 is 0 Å². The number of nitrogens with zero attached hydrogens (tertiary/aromatic N) is 1. The maximum Gasteiger partial charge on any atom is 0.252 e. The number of hydrogen-bond acceptors (Lipinski definition) is 2. The quantitative estimate of drug-likeness (QED) is 0.722. The summed E-state index contributed by atoms with van der Waals surface area (Å²) in [6.07, 6.45) is 3.74. The fourth-order valence-corrected chi connectivity index (χ4v) is 2.20. The van der Waals surface area contributed by atoms with Crippen LogP contribution < -0.4 is 0 Å². The van der Waals surface area contributed by atoms with Crippen molar-refractivity contribution in [3.8, 4) is 0 Å². The summed E-state index contributed by atoms with van der Waals surface area (Å²) in [6.45, 7) is 9.24. The molecule has 0 saturated carbocycles. The molecule has 1 saturated heterocycles. The van der Waals surface area contributed by atoms with Crippen LogP contribution in [0.2, 0.25) is 0 Å². The van der Waals surface area contributed by atoms with Gasteiger partial charge in [0.25, 0.3) is 5.91 Å². The zero-order valence-corrected chi connectivity index (χ0v) is 11.0. The number of rotatable bonds is 5. The molecule has 1 amide bonds. The van der Waals surface area contributed by atoms with Gasteiger partial charge in [0.2, 0.25) is 0 Å². The van der Waals surface area contributed by atoms with Gasteiger partial charge in [-0.25, -0.2) is 0 Å². The van der Waals surface area contributed by atoms with Gasteiger partial charge in [0, 0.05) is 18.7 Å². The summed E-state index contributed by atoms with van der Waals surface area (Å²) in [5.74, 6) is 0.196. The molecule has 1 heterocycles. The minimum Gasteiger partial charge on any atom is -0.368 e. The summed E-state index contributed by atoms with van der Waals surface area (Å²) in [6, 6.07) is 0.623. The maximum absolute atomic E-state index is 12.3. The van der Waals surface area contributed by atoms with E-state index in [4.69, 9.17) is 4.74 Å². The minimum atomic E-state index is -0.178. The van der Waals surface area contributed by atoms with Crippen LogP contribution in [0.25, 0.3) is 0 Å². The van der Waals surface area contributed by atoms with Crippen molar-refractivity contribution in [1.82, 2.24) is 4.90 Å². The van der Waals surface area contributed by atoms with E-state index in [2.05, 4.69) is 27.7 Å². The summed E-state index contributed by atoms with van der Waals surface area (Å²) < 4.78 is 5.49. The molecule has 16 heavy (non-hydrogen) atoms. The van der Waals surface area contributed by atoms with Crippen molar-refractivity contribution < 1.29 is 9.53 Å². The van der Waals surface area contributed by atoms with Crippen molar-refractivity contribution in [2.24, 2.45) is 0 Å². The Kier molecular flexibility index (Phi) is 5.26.